The molecule has 0 amide bonds. The molecule has 0 saturated carbocycles. The van der Waals surface area contributed by atoms with Gasteiger partial charge in [0.25, 0.3) is 0 Å². The van der Waals surface area contributed by atoms with Crippen LogP contribution >= 0.6 is 0 Å². The molecule has 0 aliphatic rings. The Morgan fingerprint density at radius 3 is 1.37 bits per heavy atom. The molecular weight excluding hydrogens is 230 g/mol. The van der Waals surface area contributed by atoms with Gasteiger partial charge >= 0.3 is 0 Å². The van der Waals surface area contributed by atoms with E-state index < -0.39 is 0 Å². The predicted molar refractivity (Wildman–Crippen MR) is 88.4 cm³/mol. The van der Waals surface area contributed by atoms with Gasteiger partial charge in [0.1, 0.15) is 0 Å². The summed E-state index contributed by atoms with van der Waals surface area (Å²) >= 11 is 0. The molecule has 0 atom stereocenters. The minimum absolute atomic E-state index is 0.101. The van der Waals surface area contributed by atoms with Crippen molar-refractivity contribution in [2.24, 2.45) is 22.0 Å². The lowest BCUT2D eigenvalue weighted by Crippen LogP contribution is -2.47. The molecule has 0 aromatic rings. The summed E-state index contributed by atoms with van der Waals surface area (Å²) in [6.45, 7) is 20.9. The highest BCUT2D eigenvalue weighted by atomic mass is 14.7. The number of rotatable bonds is 8. The van der Waals surface area contributed by atoms with Crippen LogP contribution in [0.25, 0.3) is 0 Å². The fraction of sp³-hybridized carbons (Fsp3) is 1.00. The molecular formula is C18H39N. The van der Waals surface area contributed by atoms with E-state index in [0.29, 0.717) is 10.8 Å². The Kier molecular flexibility index (Phi) is 6.15. The molecule has 0 saturated heterocycles. The van der Waals surface area contributed by atoms with Gasteiger partial charge in [-0.2, -0.15) is 0 Å². The lowest BCUT2D eigenvalue weighted by Gasteiger charge is -2.45. The summed E-state index contributed by atoms with van der Waals surface area (Å²) < 4.78 is 0. The Morgan fingerprint density at radius 1 is 0.684 bits per heavy atom. The summed E-state index contributed by atoms with van der Waals surface area (Å²) in [6, 6.07) is 0. The third-order valence-electron chi connectivity index (χ3n) is 6.54. The topological polar surface area (TPSA) is 26.0 Å². The fourth-order valence-corrected chi connectivity index (χ4v) is 2.80. The Balaban J connectivity index is 4.58. The predicted octanol–water partition coefficient (Wildman–Crippen LogP) is 5.77. The number of hydrogen-bond acceptors (Lipinski definition) is 1. The Labute approximate surface area is 122 Å². The van der Waals surface area contributed by atoms with E-state index in [-0.39, 0.29) is 11.0 Å². The van der Waals surface area contributed by atoms with Crippen molar-refractivity contribution in [2.45, 2.75) is 100.0 Å². The van der Waals surface area contributed by atoms with E-state index in [1.165, 1.54) is 32.1 Å². The van der Waals surface area contributed by atoms with Crippen molar-refractivity contribution in [3.8, 4) is 0 Å². The quantitative estimate of drug-likeness (QED) is 0.594. The molecule has 0 aromatic carbocycles. The summed E-state index contributed by atoms with van der Waals surface area (Å²) in [5.41, 5.74) is 7.27. The van der Waals surface area contributed by atoms with Crippen molar-refractivity contribution < 1.29 is 0 Å². The van der Waals surface area contributed by atoms with Crippen LogP contribution < -0.4 is 5.73 Å². The molecule has 0 rings (SSSR count). The van der Waals surface area contributed by atoms with Gasteiger partial charge in [0.05, 0.1) is 0 Å². The SMILES string of the molecule is CCC(C)(CC)C(C)(C)CCCC(C)(C)C(C)(C)N. The lowest BCUT2D eigenvalue weighted by molar-refractivity contribution is 0.0586. The summed E-state index contributed by atoms with van der Waals surface area (Å²) in [5, 5.41) is 0. The standard InChI is InChI=1S/C18H39N/c1-10-18(9,11-2)16(5,6)14-12-13-15(3,4)17(7,8)19/h10-14,19H2,1-9H3. The zero-order valence-electron chi connectivity index (χ0n) is 15.1. The van der Waals surface area contributed by atoms with Crippen LogP contribution in [-0.4, -0.2) is 5.54 Å². The second kappa shape index (κ2) is 6.16. The molecule has 0 aromatic heterocycles. The van der Waals surface area contributed by atoms with E-state index in [4.69, 9.17) is 5.73 Å². The maximum atomic E-state index is 6.30. The molecule has 2 N–H and O–H groups in total. The third-order valence-corrected chi connectivity index (χ3v) is 6.54. The lowest BCUT2D eigenvalue weighted by atomic mass is 9.61. The van der Waals surface area contributed by atoms with Crippen molar-refractivity contribution in [3.05, 3.63) is 0 Å². The normalized spacial score (nSPS) is 14.8. The second-order valence-corrected chi connectivity index (χ2v) is 8.61. The molecule has 0 bridgehead atoms. The average Bonchev–Trinajstić information content (AvgIpc) is 2.25. The van der Waals surface area contributed by atoms with Crippen molar-refractivity contribution in [3.63, 3.8) is 0 Å². The van der Waals surface area contributed by atoms with Crippen LogP contribution in [0.4, 0.5) is 0 Å². The maximum absolute atomic E-state index is 6.30. The molecule has 0 spiro atoms. The van der Waals surface area contributed by atoms with Gasteiger partial charge in [0.15, 0.2) is 0 Å². The van der Waals surface area contributed by atoms with E-state index in [0.717, 1.165) is 0 Å². The third kappa shape index (κ3) is 4.48. The van der Waals surface area contributed by atoms with Gasteiger partial charge in [0, 0.05) is 5.54 Å². The molecule has 0 heterocycles. The summed E-state index contributed by atoms with van der Waals surface area (Å²) in [7, 11) is 0. The van der Waals surface area contributed by atoms with Crippen molar-refractivity contribution in [1.82, 2.24) is 0 Å². The van der Waals surface area contributed by atoms with Crippen LogP contribution in [0.1, 0.15) is 94.4 Å². The molecule has 1 nitrogen and oxygen atoms in total. The minimum atomic E-state index is -0.101. The van der Waals surface area contributed by atoms with Crippen molar-refractivity contribution >= 4 is 0 Å². The van der Waals surface area contributed by atoms with Gasteiger partial charge in [0.2, 0.25) is 0 Å². The first-order valence-electron chi connectivity index (χ1n) is 8.12. The minimum Gasteiger partial charge on any atom is -0.325 e. The van der Waals surface area contributed by atoms with Crippen LogP contribution in [0.2, 0.25) is 0 Å². The Bertz CT molecular complexity index is 264. The van der Waals surface area contributed by atoms with Crippen molar-refractivity contribution in [1.29, 1.82) is 0 Å². The van der Waals surface area contributed by atoms with Crippen LogP contribution in [0.15, 0.2) is 0 Å². The first kappa shape index (κ1) is 19.0. The van der Waals surface area contributed by atoms with E-state index in [1.54, 1.807) is 0 Å². The monoisotopic (exact) mass is 269 g/mol. The molecule has 0 aliphatic carbocycles. The van der Waals surface area contributed by atoms with Crippen molar-refractivity contribution in [2.75, 3.05) is 0 Å². The maximum Gasteiger partial charge on any atom is 0.0148 e. The molecule has 0 fully saturated rings. The molecule has 0 radical (unpaired) electrons. The molecule has 1 heteroatoms. The Morgan fingerprint density at radius 2 is 1.05 bits per heavy atom. The van der Waals surface area contributed by atoms with Crippen LogP contribution in [0.5, 0.6) is 0 Å². The van der Waals surface area contributed by atoms with Crippen LogP contribution in [0, 0.1) is 16.2 Å². The van der Waals surface area contributed by atoms with Crippen LogP contribution in [-0.2, 0) is 0 Å². The average molecular weight is 270 g/mol. The molecule has 0 aliphatic heterocycles. The summed E-state index contributed by atoms with van der Waals surface area (Å²) in [6.07, 6.45) is 6.31. The molecule has 116 valence electrons. The van der Waals surface area contributed by atoms with E-state index in [1.807, 2.05) is 0 Å². The van der Waals surface area contributed by atoms with Crippen LogP contribution in [0.3, 0.4) is 0 Å². The van der Waals surface area contributed by atoms with Gasteiger partial charge in [-0.05, 0) is 42.9 Å². The van der Waals surface area contributed by atoms with E-state index in [2.05, 4.69) is 62.3 Å². The number of hydrogen-bond donors (Lipinski definition) is 1. The highest BCUT2D eigenvalue weighted by Gasteiger charge is 2.39. The highest BCUT2D eigenvalue weighted by molar-refractivity contribution is 4.92. The summed E-state index contributed by atoms with van der Waals surface area (Å²) in [5.74, 6) is 0. The smallest absolute Gasteiger partial charge is 0.0148 e. The zero-order valence-corrected chi connectivity index (χ0v) is 15.1. The van der Waals surface area contributed by atoms with Gasteiger partial charge in [-0.3, -0.25) is 0 Å². The van der Waals surface area contributed by atoms with Gasteiger partial charge < -0.3 is 5.73 Å². The first-order chi connectivity index (χ1) is 8.33. The largest absolute Gasteiger partial charge is 0.325 e. The second-order valence-electron chi connectivity index (χ2n) is 8.61. The molecule has 0 unspecified atom stereocenters. The molecule has 19 heavy (non-hydrogen) atoms. The Hall–Kier alpha value is -0.0400. The van der Waals surface area contributed by atoms with Gasteiger partial charge in [-0.15, -0.1) is 0 Å². The van der Waals surface area contributed by atoms with Gasteiger partial charge in [-0.1, -0.05) is 67.7 Å². The first-order valence-corrected chi connectivity index (χ1v) is 8.12. The highest BCUT2D eigenvalue weighted by Crippen LogP contribution is 2.48. The van der Waals surface area contributed by atoms with E-state index in [9.17, 15) is 0 Å². The zero-order chi connectivity index (χ0) is 15.5. The van der Waals surface area contributed by atoms with Gasteiger partial charge in [-0.25, -0.2) is 0 Å². The summed E-state index contributed by atoms with van der Waals surface area (Å²) in [4.78, 5) is 0. The van der Waals surface area contributed by atoms with E-state index >= 15 is 0 Å². The fourth-order valence-electron chi connectivity index (χ4n) is 2.80. The number of nitrogens with two attached hydrogens (primary N) is 1.